The molecule has 1 aromatic heterocycles. The van der Waals surface area contributed by atoms with Crippen LogP contribution in [-0.2, 0) is 19.6 Å². The first-order valence-electron chi connectivity index (χ1n) is 5.31. The van der Waals surface area contributed by atoms with Gasteiger partial charge in [0.25, 0.3) is 0 Å². The van der Waals surface area contributed by atoms with E-state index in [0.29, 0.717) is 5.82 Å². The van der Waals surface area contributed by atoms with Gasteiger partial charge in [0.15, 0.2) is 0 Å². The zero-order valence-corrected chi connectivity index (χ0v) is 9.70. The third-order valence-corrected chi connectivity index (χ3v) is 3.65. The molecule has 16 heavy (non-hydrogen) atoms. The Morgan fingerprint density at radius 2 is 1.94 bits per heavy atom. The lowest BCUT2D eigenvalue weighted by molar-refractivity contribution is 0.278. The monoisotopic (exact) mass is 231 g/mol. The molecule has 2 N–H and O–H groups in total. The van der Waals surface area contributed by atoms with Crippen LogP contribution in [0.1, 0.15) is 16.0 Å². The second-order valence-corrected chi connectivity index (χ2v) is 5.02. The van der Waals surface area contributed by atoms with Crippen LogP contribution in [0.25, 0.3) is 0 Å². The number of hydrogen-bond donors (Lipinski definition) is 1. The SMILES string of the molecule is Nc1cc(CN2Cc3ccccc3C2)sn1. The molecule has 3 rings (SSSR count). The van der Waals surface area contributed by atoms with Crippen molar-refractivity contribution in [3.63, 3.8) is 0 Å². The Balaban J connectivity index is 1.72. The molecule has 0 radical (unpaired) electrons. The molecule has 0 unspecified atom stereocenters. The molecule has 0 aliphatic carbocycles. The lowest BCUT2D eigenvalue weighted by Gasteiger charge is -2.12. The van der Waals surface area contributed by atoms with Crippen molar-refractivity contribution in [2.75, 3.05) is 5.73 Å². The van der Waals surface area contributed by atoms with Gasteiger partial charge in [0.1, 0.15) is 5.82 Å². The third kappa shape index (κ3) is 1.81. The first-order chi connectivity index (χ1) is 7.81. The van der Waals surface area contributed by atoms with E-state index in [4.69, 9.17) is 5.73 Å². The number of rotatable bonds is 2. The summed E-state index contributed by atoms with van der Waals surface area (Å²) in [5.74, 6) is 0.636. The first-order valence-corrected chi connectivity index (χ1v) is 6.09. The van der Waals surface area contributed by atoms with Gasteiger partial charge >= 0.3 is 0 Å². The first kappa shape index (κ1) is 9.81. The van der Waals surface area contributed by atoms with Crippen molar-refractivity contribution in [1.82, 2.24) is 9.27 Å². The lowest BCUT2D eigenvalue weighted by atomic mass is 10.1. The summed E-state index contributed by atoms with van der Waals surface area (Å²) in [6.45, 7) is 3.02. The van der Waals surface area contributed by atoms with Crippen LogP contribution in [-0.4, -0.2) is 9.27 Å². The highest BCUT2D eigenvalue weighted by molar-refractivity contribution is 7.06. The van der Waals surface area contributed by atoms with E-state index >= 15 is 0 Å². The Bertz CT molecular complexity index is 481. The highest BCUT2D eigenvalue weighted by Gasteiger charge is 2.18. The zero-order chi connectivity index (χ0) is 11.0. The van der Waals surface area contributed by atoms with Crippen molar-refractivity contribution < 1.29 is 0 Å². The average molecular weight is 231 g/mol. The van der Waals surface area contributed by atoms with Gasteiger partial charge in [-0.1, -0.05) is 24.3 Å². The Hall–Kier alpha value is -1.39. The fourth-order valence-electron chi connectivity index (χ4n) is 2.14. The van der Waals surface area contributed by atoms with E-state index in [2.05, 4.69) is 33.5 Å². The fourth-order valence-corrected chi connectivity index (χ4v) is 2.83. The van der Waals surface area contributed by atoms with Crippen LogP contribution in [0.15, 0.2) is 30.3 Å². The number of aromatic nitrogens is 1. The van der Waals surface area contributed by atoms with Crippen molar-refractivity contribution in [2.45, 2.75) is 19.6 Å². The van der Waals surface area contributed by atoms with Crippen LogP contribution in [0.5, 0.6) is 0 Å². The zero-order valence-electron chi connectivity index (χ0n) is 8.89. The summed E-state index contributed by atoms with van der Waals surface area (Å²) in [7, 11) is 0. The maximum absolute atomic E-state index is 5.62. The molecule has 0 amide bonds. The van der Waals surface area contributed by atoms with Crippen molar-refractivity contribution in [1.29, 1.82) is 0 Å². The Morgan fingerprint density at radius 3 is 2.50 bits per heavy atom. The van der Waals surface area contributed by atoms with Crippen molar-refractivity contribution >= 4 is 17.4 Å². The molecule has 0 fully saturated rings. The van der Waals surface area contributed by atoms with Crippen LogP contribution < -0.4 is 5.73 Å². The second kappa shape index (κ2) is 3.88. The number of nitrogen functional groups attached to an aromatic ring is 1. The van der Waals surface area contributed by atoms with E-state index in [1.807, 2.05) is 6.07 Å². The van der Waals surface area contributed by atoms with Crippen LogP contribution >= 0.6 is 11.5 Å². The quantitative estimate of drug-likeness (QED) is 0.862. The molecule has 1 aliphatic heterocycles. The summed E-state index contributed by atoms with van der Waals surface area (Å²) in [6, 6.07) is 10.6. The standard InChI is InChI=1S/C12H13N3S/c13-12-5-11(16-14-12)8-15-6-9-3-1-2-4-10(9)7-15/h1-5H,6-8H2,(H2,13,14). The van der Waals surface area contributed by atoms with Gasteiger partial charge in [-0.15, -0.1) is 0 Å². The predicted octanol–water partition coefficient (Wildman–Crippen LogP) is 2.24. The molecule has 1 aliphatic rings. The number of hydrogen-bond acceptors (Lipinski definition) is 4. The highest BCUT2D eigenvalue weighted by atomic mass is 32.1. The van der Waals surface area contributed by atoms with Gasteiger partial charge in [0, 0.05) is 24.5 Å². The Labute approximate surface area is 98.7 Å². The molecule has 82 valence electrons. The van der Waals surface area contributed by atoms with E-state index in [0.717, 1.165) is 19.6 Å². The molecule has 4 heteroatoms. The molecule has 0 saturated carbocycles. The maximum Gasteiger partial charge on any atom is 0.137 e. The molecule has 0 spiro atoms. The topological polar surface area (TPSA) is 42.1 Å². The average Bonchev–Trinajstić information content (AvgIpc) is 2.84. The molecule has 0 saturated heterocycles. The minimum absolute atomic E-state index is 0.636. The van der Waals surface area contributed by atoms with Crippen LogP contribution in [0.4, 0.5) is 5.82 Å². The number of anilines is 1. The van der Waals surface area contributed by atoms with Gasteiger partial charge in [0.05, 0.1) is 0 Å². The number of fused-ring (bicyclic) bond motifs is 1. The van der Waals surface area contributed by atoms with E-state index in [9.17, 15) is 0 Å². The van der Waals surface area contributed by atoms with Crippen molar-refractivity contribution in [3.8, 4) is 0 Å². The van der Waals surface area contributed by atoms with Gasteiger partial charge in [-0.3, -0.25) is 4.90 Å². The fraction of sp³-hybridized carbons (Fsp3) is 0.250. The van der Waals surface area contributed by atoms with Gasteiger partial charge < -0.3 is 5.73 Å². The molecule has 3 nitrogen and oxygen atoms in total. The Morgan fingerprint density at radius 1 is 1.25 bits per heavy atom. The molecule has 2 aromatic rings. The summed E-state index contributed by atoms with van der Waals surface area (Å²) in [5.41, 5.74) is 8.51. The summed E-state index contributed by atoms with van der Waals surface area (Å²) in [6.07, 6.45) is 0. The maximum atomic E-state index is 5.62. The van der Waals surface area contributed by atoms with Crippen LogP contribution in [0.2, 0.25) is 0 Å². The molecule has 0 atom stereocenters. The van der Waals surface area contributed by atoms with Gasteiger partial charge in [0.2, 0.25) is 0 Å². The predicted molar refractivity (Wildman–Crippen MR) is 65.9 cm³/mol. The third-order valence-electron chi connectivity index (χ3n) is 2.86. The number of nitrogens with two attached hydrogens (primary N) is 1. The molecular weight excluding hydrogens is 218 g/mol. The molecule has 2 heterocycles. The van der Waals surface area contributed by atoms with Gasteiger partial charge in [-0.2, -0.15) is 4.37 Å². The van der Waals surface area contributed by atoms with Gasteiger partial charge in [-0.05, 0) is 28.7 Å². The van der Waals surface area contributed by atoms with E-state index in [1.165, 1.54) is 27.5 Å². The molecule has 0 bridgehead atoms. The minimum atomic E-state index is 0.636. The largest absolute Gasteiger partial charge is 0.383 e. The molecule has 1 aromatic carbocycles. The molecular formula is C12H13N3S. The summed E-state index contributed by atoms with van der Waals surface area (Å²) in [4.78, 5) is 3.66. The van der Waals surface area contributed by atoms with E-state index in [-0.39, 0.29) is 0 Å². The lowest BCUT2D eigenvalue weighted by Crippen LogP contribution is -2.14. The van der Waals surface area contributed by atoms with Crippen LogP contribution in [0, 0.1) is 0 Å². The number of nitrogens with zero attached hydrogens (tertiary/aromatic N) is 2. The summed E-state index contributed by atoms with van der Waals surface area (Å²) < 4.78 is 4.10. The normalized spacial score (nSPS) is 15.2. The highest BCUT2D eigenvalue weighted by Crippen LogP contribution is 2.25. The van der Waals surface area contributed by atoms with Gasteiger partial charge in [-0.25, -0.2) is 0 Å². The van der Waals surface area contributed by atoms with Crippen LogP contribution in [0.3, 0.4) is 0 Å². The Kier molecular flexibility index (Phi) is 2.38. The summed E-state index contributed by atoms with van der Waals surface area (Å²) in [5, 5.41) is 0. The van der Waals surface area contributed by atoms with E-state index < -0.39 is 0 Å². The second-order valence-electron chi connectivity index (χ2n) is 4.13. The van der Waals surface area contributed by atoms with Crippen molar-refractivity contribution in [3.05, 3.63) is 46.3 Å². The van der Waals surface area contributed by atoms with E-state index in [1.54, 1.807) is 0 Å². The number of benzene rings is 1. The smallest absolute Gasteiger partial charge is 0.137 e. The minimum Gasteiger partial charge on any atom is -0.383 e. The van der Waals surface area contributed by atoms with Crippen molar-refractivity contribution in [2.24, 2.45) is 0 Å². The summed E-state index contributed by atoms with van der Waals surface area (Å²) >= 11 is 1.50.